The van der Waals surface area contributed by atoms with E-state index in [0.717, 1.165) is 27.2 Å². The SMILES string of the molecule is Brc1cccc2c1c1ccccc1n2-c1ccc(N(c2ccccc2)c2ccc3ccccc3c2)cc1. The van der Waals surface area contributed by atoms with Crippen molar-refractivity contribution in [2.75, 3.05) is 4.90 Å². The van der Waals surface area contributed by atoms with E-state index in [1.54, 1.807) is 0 Å². The van der Waals surface area contributed by atoms with Gasteiger partial charge in [-0.05, 0) is 77.5 Å². The number of nitrogens with zero attached hydrogens (tertiary/aromatic N) is 2. The standard InChI is InChI=1S/C34H23BrN2/c35-31-14-8-16-33-34(31)30-13-6-7-15-32(30)37(33)28-21-19-27(20-22-28)36(26-11-2-1-3-12-26)29-18-17-24-9-4-5-10-25(24)23-29/h1-23H. The van der Waals surface area contributed by atoms with Gasteiger partial charge in [-0.15, -0.1) is 0 Å². The average molecular weight is 539 g/mol. The largest absolute Gasteiger partial charge is 0.310 e. The molecule has 37 heavy (non-hydrogen) atoms. The van der Waals surface area contributed by atoms with Crippen LogP contribution in [0.1, 0.15) is 0 Å². The molecule has 3 heteroatoms. The van der Waals surface area contributed by atoms with Crippen molar-refractivity contribution >= 4 is 65.6 Å². The fraction of sp³-hybridized carbons (Fsp3) is 0. The summed E-state index contributed by atoms with van der Waals surface area (Å²) in [4.78, 5) is 2.32. The minimum atomic E-state index is 1.11. The number of hydrogen-bond acceptors (Lipinski definition) is 1. The van der Waals surface area contributed by atoms with E-state index in [4.69, 9.17) is 0 Å². The van der Waals surface area contributed by atoms with Crippen molar-refractivity contribution in [1.29, 1.82) is 0 Å². The Morgan fingerprint density at radius 3 is 1.97 bits per heavy atom. The van der Waals surface area contributed by atoms with Gasteiger partial charge in [0.1, 0.15) is 0 Å². The molecule has 0 unspecified atom stereocenters. The lowest BCUT2D eigenvalue weighted by Crippen LogP contribution is -2.10. The van der Waals surface area contributed by atoms with Crippen molar-refractivity contribution in [2.24, 2.45) is 0 Å². The minimum absolute atomic E-state index is 1.11. The van der Waals surface area contributed by atoms with Crippen LogP contribution < -0.4 is 4.90 Å². The molecule has 0 saturated carbocycles. The lowest BCUT2D eigenvalue weighted by molar-refractivity contribution is 1.17. The molecule has 0 N–H and O–H groups in total. The van der Waals surface area contributed by atoms with E-state index in [-0.39, 0.29) is 0 Å². The third-order valence-electron chi connectivity index (χ3n) is 7.02. The predicted octanol–water partition coefficient (Wildman–Crippen LogP) is 10.2. The first-order valence-electron chi connectivity index (χ1n) is 12.4. The highest BCUT2D eigenvalue weighted by atomic mass is 79.9. The van der Waals surface area contributed by atoms with Crippen molar-refractivity contribution in [3.8, 4) is 5.69 Å². The maximum Gasteiger partial charge on any atom is 0.0552 e. The van der Waals surface area contributed by atoms with Crippen LogP contribution in [0.3, 0.4) is 0 Å². The molecule has 0 aliphatic carbocycles. The van der Waals surface area contributed by atoms with Gasteiger partial charge in [0.25, 0.3) is 0 Å². The molecule has 1 aromatic heterocycles. The Morgan fingerprint density at radius 2 is 1.14 bits per heavy atom. The van der Waals surface area contributed by atoms with Gasteiger partial charge >= 0.3 is 0 Å². The summed E-state index contributed by atoms with van der Waals surface area (Å²) >= 11 is 3.78. The summed E-state index contributed by atoms with van der Waals surface area (Å²) in [6.07, 6.45) is 0. The van der Waals surface area contributed by atoms with Crippen LogP contribution in [0.15, 0.2) is 144 Å². The Kier molecular flexibility index (Phi) is 5.30. The highest BCUT2D eigenvalue weighted by Crippen LogP contribution is 2.39. The number of anilines is 3. The number of halogens is 1. The van der Waals surface area contributed by atoms with Crippen LogP contribution in [0.4, 0.5) is 17.1 Å². The third-order valence-corrected chi connectivity index (χ3v) is 7.68. The maximum absolute atomic E-state index is 3.78. The van der Waals surface area contributed by atoms with Crippen LogP contribution in [-0.4, -0.2) is 4.57 Å². The van der Waals surface area contributed by atoms with Gasteiger partial charge in [-0.1, -0.05) is 88.7 Å². The summed E-state index contributed by atoms with van der Waals surface area (Å²) < 4.78 is 3.46. The average Bonchev–Trinajstić information content (AvgIpc) is 3.30. The van der Waals surface area contributed by atoms with E-state index in [1.807, 2.05) is 0 Å². The molecule has 0 spiro atoms. The fourth-order valence-electron chi connectivity index (χ4n) is 5.34. The molecule has 0 fully saturated rings. The molecule has 0 radical (unpaired) electrons. The zero-order valence-corrected chi connectivity index (χ0v) is 21.6. The monoisotopic (exact) mass is 538 g/mol. The first kappa shape index (κ1) is 21.9. The molecule has 176 valence electrons. The lowest BCUT2D eigenvalue weighted by atomic mass is 10.1. The van der Waals surface area contributed by atoms with Crippen LogP contribution in [0, 0.1) is 0 Å². The maximum atomic E-state index is 3.78. The fourth-order valence-corrected chi connectivity index (χ4v) is 5.91. The number of para-hydroxylation sites is 2. The molecule has 7 aromatic rings. The van der Waals surface area contributed by atoms with E-state index < -0.39 is 0 Å². The summed E-state index contributed by atoms with van der Waals surface area (Å²) in [5.74, 6) is 0. The van der Waals surface area contributed by atoms with Crippen LogP contribution in [-0.2, 0) is 0 Å². The first-order valence-corrected chi connectivity index (χ1v) is 13.2. The molecule has 1 heterocycles. The van der Waals surface area contributed by atoms with Gasteiger partial charge in [0.15, 0.2) is 0 Å². The number of fused-ring (bicyclic) bond motifs is 4. The molecule has 2 nitrogen and oxygen atoms in total. The van der Waals surface area contributed by atoms with Gasteiger partial charge in [-0.25, -0.2) is 0 Å². The Balaban J connectivity index is 1.39. The van der Waals surface area contributed by atoms with Gasteiger partial charge < -0.3 is 9.47 Å². The van der Waals surface area contributed by atoms with Gasteiger partial charge in [0, 0.05) is 38.0 Å². The van der Waals surface area contributed by atoms with Crippen molar-refractivity contribution in [3.05, 3.63) is 144 Å². The summed E-state index contributed by atoms with van der Waals surface area (Å²) in [7, 11) is 0. The Bertz CT molecular complexity index is 1890. The normalized spacial score (nSPS) is 11.4. The molecule has 0 amide bonds. The second kappa shape index (κ2) is 8.95. The molecular weight excluding hydrogens is 516 g/mol. The summed E-state index contributed by atoms with van der Waals surface area (Å²) in [5, 5.41) is 4.96. The molecule has 7 rings (SSSR count). The highest BCUT2D eigenvalue weighted by Gasteiger charge is 2.16. The quantitative estimate of drug-likeness (QED) is 0.216. The van der Waals surface area contributed by atoms with Crippen molar-refractivity contribution in [2.45, 2.75) is 0 Å². The number of benzene rings is 6. The van der Waals surface area contributed by atoms with Crippen LogP contribution in [0.5, 0.6) is 0 Å². The molecule has 0 aliphatic rings. The number of rotatable bonds is 4. The van der Waals surface area contributed by atoms with E-state index in [0.29, 0.717) is 0 Å². The minimum Gasteiger partial charge on any atom is -0.310 e. The van der Waals surface area contributed by atoms with Crippen molar-refractivity contribution in [3.63, 3.8) is 0 Å². The zero-order valence-electron chi connectivity index (χ0n) is 20.1. The predicted molar refractivity (Wildman–Crippen MR) is 161 cm³/mol. The van der Waals surface area contributed by atoms with E-state index in [1.165, 1.54) is 32.6 Å². The summed E-state index contributed by atoms with van der Waals surface area (Å²) in [5.41, 5.74) is 6.92. The number of hydrogen-bond donors (Lipinski definition) is 0. The van der Waals surface area contributed by atoms with Gasteiger partial charge in [0.2, 0.25) is 0 Å². The van der Waals surface area contributed by atoms with Crippen molar-refractivity contribution in [1.82, 2.24) is 4.57 Å². The Labute approximate surface area is 224 Å². The Hall–Kier alpha value is -4.34. The molecule has 0 saturated heterocycles. The van der Waals surface area contributed by atoms with Crippen LogP contribution in [0.2, 0.25) is 0 Å². The molecule has 0 aliphatic heterocycles. The van der Waals surface area contributed by atoms with Crippen LogP contribution in [0.25, 0.3) is 38.3 Å². The number of aromatic nitrogens is 1. The van der Waals surface area contributed by atoms with Crippen LogP contribution >= 0.6 is 15.9 Å². The summed E-state index contributed by atoms with van der Waals surface area (Å²) in [6, 6.07) is 49.6. The summed E-state index contributed by atoms with van der Waals surface area (Å²) in [6.45, 7) is 0. The Morgan fingerprint density at radius 1 is 0.486 bits per heavy atom. The molecule has 0 bridgehead atoms. The third kappa shape index (κ3) is 3.71. The molecule has 0 atom stereocenters. The second-order valence-corrected chi connectivity index (χ2v) is 10.1. The second-order valence-electron chi connectivity index (χ2n) is 9.21. The lowest BCUT2D eigenvalue weighted by Gasteiger charge is -2.26. The molecule has 6 aromatic carbocycles. The zero-order chi connectivity index (χ0) is 24.8. The van der Waals surface area contributed by atoms with E-state index in [9.17, 15) is 0 Å². The first-order chi connectivity index (χ1) is 18.3. The highest BCUT2D eigenvalue weighted by molar-refractivity contribution is 9.10. The van der Waals surface area contributed by atoms with E-state index in [2.05, 4.69) is 165 Å². The van der Waals surface area contributed by atoms with Gasteiger partial charge in [-0.2, -0.15) is 0 Å². The molecular formula is C34H23BrN2. The van der Waals surface area contributed by atoms with Crippen molar-refractivity contribution < 1.29 is 0 Å². The van der Waals surface area contributed by atoms with Gasteiger partial charge in [0.05, 0.1) is 11.0 Å². The smallest absolute Gasteiger partial charge is 0.0552 e. The van der Waals surface area contributed by atoms with Gasteiger partial charge in [-0.3, -0.25) is 0 Å². The topological polar surface area (TPSA) is 8.17 Å². The van der Waals surface area contributed by atoms with E-state index >= 15 is 0 Å².